The van der Waals surface area contributed by atoms with Crippen LogP contribution in [-0.4, -0.2) is 39.1 Å². The molecule has 0 aliphatic heterocycles. The van der Waals surface area contributed by atoms with E-state index in [4.69, 9.17) is 0 Å². The summed E-state index contributed by atoms with van der Waals surface area (Å²) in [4.78, 5) is 11.1. The highest BCUT2D eigenvalue weighted by molar-refractivity contribution is 5.70. The Morgan fingerprint density at radius 1 is 1.53 bits per heavy atom. The van der Waals surface area contributed by atoms with Crippen LogP contribution in [0.25, 0.3) is 0 Å². The van der Waals surface area contributed by atoms with E-state index in [0.29, 0.717) is 0 Å². The summed E-state index contributed by atoms with van der Waals surface area (Å²) in [6.45, 7) is 1.61. The van der Waals surface area contributed by atoms with Crippen LogP contribution in [-0.2, 0) is 15.7 Å². The monoisotopic (exact) mass is 282 g/mol. The predicted molar refractivity (Wildman–Crippen MR) is 55.8 cm³/mol. The Hall–Kier alpha value is -1.61. The molecule has 19 heavy (non-hydrogen) atoms. The third kappa shape index (κ3) is 3.93. The van der Waals surface area contributed by atoms with Gasteiger partial charge in [0.05, 0.1) is 25.3 Å². The number of aliphatic hydroxyl groups excluding tert-OH is 2. The number of esters is 1. The van der Waals surface area contributed by atoms with E-state index in [-0.39, 0.29) is 6.61 Å². The second-order valence-corrected chi connectivity index (χ2v) is 3.72. The van der Waals surface area contributed by atoms with Crippen molar-refractivity contribution in [2.45, 2.75) is 31.7 Å². The van der Waals surface area contributed by atoms with Crippen LogP contribution >= 0.6 is 0 Å². The van der Waals surface area contributed by atoms with Gasteiger partial charge in [0.1, 0.15) is 11.8 Å². The molecule has 0 aliphatic rings. The minimum atomic E-state index is -4.74. The molecule has 0 fully saturated rings. The van der Waals surface area contributed by atoms with Crippen molar-refractivity contribution in [1.29, 1.82) is 0 Å². The highest BCUT2D eigenvalue weighted by atomic mass is 19.4. The van der Waals surface area contributed by atoms with Gasteiger partial charge in [-0.15, -0.1) is 0 Å². The Balaban J connectivity index is 2.80. The van der Waals surface area contributed by atoms with Gasteiger partial charge in [-0.25, -0.2) is 0 Å². The zero-order valence-corrected chi connectivity index (χ0v) is 9.94. The molecule has 108 valence electrons. The Kier molecular flexibility index (Phi) is 4.90. The summed E-state index contributed by atoms with van der Waals surface area (Å²) in [7, 11) is 0. The molecule has 2 unspecified atom stereocenters. The van der Waals surface area contributed by atoms with Crippen molar-refractivity contribution in [2.75, 3.05) is 6.61 Å². The van der Waals surface area contributed by atoms with Gasteiger partial charge in [0.15, 0.2) is 0 Å². The summed E-state index contributed by atoms with van der Waals surface area (Å²) >= 11 is 0. The second-order valence-electron chi connectivity index (χ2n) is 3.72. The van der Waals surface area contributed by atoms with Crippen LogP contribution in [0.1, 0.15) is 30.7 Å². The van der Waals surface area contributed by atoms with Gasteiger partial charge in [-0.3, -0.25) is 9.89 Å². The standard InChI is InChI=1S/C10H13F3N2O4/c1-2-19-7(17)3-6(16)8(18)5-4-14-15-9(5)10(11,12)13/h4,6,8,16,18H,2-3H2,1H3,(H,14,15). The van der Waals surface area contributed by atoms with Crippen molar-refractivity contribution in [3.63, 3.8) is 0 Å². The van der Waals surface area contributed by atoms with Crippen LogP contribution in [0.3, 0.4) is 0 Å². The van der Waals surface area contributed by atoms with E-state index < -0.39 is 42.0 Å². The first kappa shape index (κ1) is 15.4. The fourth-order valence-corrected chi connectivity index (χ4v) is 1.46. The maximum atomic E-state index is 12.5. The van der Waals surface area contributed by atoms with E-state index in [1.54, 1.807) is 12.0 Å². The number of halogens is 3. The summed E-state index contributed by atoms with van der Waals surface area (Å²) in [5.74, 6) is -0.814. The van der Waals surface area contributed by atoms with E-state index in [1.165, 1.54) is 0 Å². The van der Waals surface area contributed by atoms with Crippen LogP contribution in [0.5, 0.6) is 0 Å². The van der Waals surface area contributed by atoms with Crippen LogP contribution in [0, 0.1) is 0 Å². The average Bonchev–Trinajstić information content (AvgIpc) is 2.76. The average molecular weight is 282 g/mol. The van der Waals surface area contributed by atoms with Crippen LogP contribution < -0.4 is 0 Å². The van der Waals surface area contributed by atoms with Crippen molar-refractivity contribution in [3.8, 4) is 0 Å². The fraction of sp³-hybridized carbons (Fsp3) is 0.600. The van der Waals surface area contributed by atoms with Crippen LogP contribution in [0.2, 0.25) is 0 Å². The van der Waals surface area contributed by atoms with Crippen molar-refractivity contribution in [1.82, 2.24) is 10.2 Å². The number of carbonyl (C=O) groups is 1. The molecule has 0 spiro atoms. The number of alkyl halides is 3. The highest BCUT2D eigenvalue weighted by Crippen LogP contribution is 2.34. The maximum absolute atomic E-state index is 12.5. The minimum absolute atomic E-state index is 0.0706. The molecule has 0 saturated carbocycles. The summed E-state index contributed by atoms with van der Waals surface area (Å²) in [6, 6.07) is 0. The predicted octanol–water partition coefficient (Wildman–Crippen LogP) is 0.776. The SMILES string of the molecule is CCOC(=O)CC(O)C(O)c1cn[nH]c1C(F)(F)F. The minimum Gasteiger partial charge on any atom is -0.466 e. The largest absolute Gasteiger partial charge is 0.466 e. The van der Waals surface area contributed by atoms with Gasteiger partial charge in [-0.1, -0.05) is 0 Å². The lowest BCUT2D eigenvalue weighted by molar-refractivity contribution is -0.148. The first-order valence-corrected chi connectivity index (χ1v) is 5.39. The summed E-state index contributed by atoms with van der Waals surface area (Å²) in [6.07, 6.45) is -8.20. The molecule has 2 atom stereocenters. The normalized spacial score (nSPS) is 15.1. The van der Waals surface area contributed by atoms with Crippen molar-refractivity contribution < 1.29 is 32.9 Å². The Morgan fingerprint density at radius 3 is 2.68 bits per heavy atom. The van der Waals surface area contributed by atoms with E-state index in [1.807, 2.05) is 0 Å². The number of carbonyl (C=O) groups excluding carboxylic acids is 1. The quantitative estimate of drug-likeness (QED) is 0.693. The number of hydrogen-bond acceptors (Lipinski definition) is 5. The number of rotatable bonds is 5. The molecular weight excluding hydrogens is 269 g/mol. The lowest BCUT2D eigenvalue weighted by Crippen LogP contribution is -2.24. The van der Waals surface area contributed by atoms with Crippen molar-refractivity contribution in [2.24, 2.45) is 0 Å². The third-order valence-electron chi connectivity index (χ3n) is 2.32. The molecule has 0 radical (unpaired) electrons. The lowest BCUT2D eigenvalue weighted by Gasteiger charge is -2.17. The van der Waals surface area contributed by atoms with E-state index in [9.17, 15) is 28.2 Å². The molecule has 1 rings (SSSR count). The molecular formula is C10H13F3N2O4. The van der Waals surface area contributed by atoms with Gasteiger partial charge in [-0.05, 0) is 6.92 Å². The Bertz CT molecular complexity index is 433. The molecule has 0 saturated heterocycles. The van der Waals surface area contributed by atoms with E-state index in [2.05, 4.69) is 9.84 Å². The van der Waals surface area contributed by atoms with E-state index >= 15 is 0 Å². The molecule has 6 nitrogen and oxygen atoms in total. The van der Waals surface area contributed by atoms with Gasteiger partial charge in [0.2, 0.25) is 0 Å². The maximum Gasteiger partial charge on any atom is 0.433 e. The Morgan fingerprint density at radius 2 is 2.16 bits per heavy atom. The number of ether oxygens (including phenoxy) is 1. The topological polar surface area (TPSA) is 95.4 Å². The van der Waals surface area contributed by atoms with E-state index in [0.717, 1.165) is 6.20 Å². The highest BCUT2D eigenvalue weighted by Gasteiger charge is 2.39. The molecule has 0 aromatic carbocycles. The fourth-order valence-electron chi connectivity index (χ4n) is 1.46. The summed E-state index contributed by atoms with van der Waals surface area (Å²) < 4.78 is 42.1. The summed E-state index contributed by atoms with van der Waals surface area (Å²) in [5.41, 5.74) is -1.88. The molecule has 1 aromatic rings. The smallest absolute Gasteiger partial charge is 0.433 e. The summed E-state index contributed by atoms with van der Waals surface area (Å²) in [5, 5.41) is 24.0. The molecule has 1 heterocycles. The number of nitrogens with one attached hydrogen (secondary N) is 1. The number of aliphatic hydroxyl groups is 2. The number of H-pyrrole nitrogens is 1. The first-order chi connectivity index (χ1) is 8.77. The molecule has 1 aromatic heterocycles. The lowest BCUT2D eigenvalue weighted by atomic mass is 10.0. The number of nitrogens with zero attached hydrogens (tertiary/aromatic N) is 1. The number of hydrogen-bond donors (Lipinski definition) is 3. The molecule has 0 bridgehead atoms. The molecule has 3 N–H and O–H groups in total. The zero-order valence-electron chi connectivity index (χ0n) is 9.94. The van der Waals surface area contributed by atoms with Crippen LogP contribution in [0.15, 0.2) is 6.20 Å². The zero-order chi connectivity index (χ0) is 14.6. The van der Waals surface area contributed by atoms with Crippen molar-refractivity contribution in [3.05, 3.63) is 17.5 Å². The number of aromatic nitrogens is 2. The molecule has 9 heteroatoms. The van der Waals surface area contributed by atoms with Crippen LogP contribution in [0.4, 0.5) is 13.2 Å². The van der Waals surface area contributed by atoms with Gasteiger partial charge in [-0.2, -0.15) is 18.3 Å². The third-order valence-corrected chi connectivity index (χ3v) is 2.32. The molecule has 0 amide bonds. The van der Waals surface area contributed by atoms with Gasteiger partial charge in [0, 0.05) is 5.56 Å². The van der Waals surface area contributed by atoms with Gasteiger partial charge < -0.3 is 14.9 Å². The second kappa shape index (κ2) is 6.02. The number of aromatic amines is 1. The van der Waals surface area contributed by atoms with Crippen molar-refractivity contribution >= 4 is 5.97 Å². The first-order valence-electron chi connectivity index (χ1n) is 5.39. The van der Waals surface area contributed by atoms with Gasteiger partial charge >= 0.3 is 12.1 Å². The molecule has 0 aliphatic carbocycles. The van der Waals surface area contributed by atoms with Gasteiger partial charge in [0.25, 0.3) is 0 Å². The Labute approximate surface area is 106 Å².